The first-order valence-electron chi connectivity index (χ1n) is 7.59. The van der Waals surface area contributed by atoms with E-state index in [0.29, 0.717) is 12.5 Å². The molecule has 0 aromatic heterocycles. The second-order valence-corrected chi connectivity index (χ2v) is 6.13. The van der Waals surface area contributed by atoms with Gasteiger partial charge in [0.15, 0.2) is 5.96 Å². The minimum atomic E-state index is -2.49. The summed E-state index contributed by atoms with van der Waals surface area (Å²) in [5.41, 5.74) is 9.58. The van der Waals surface area contributed by atoms with E-state index in [9.17, 15) is 8.78 Å². The maximum atomic E-state index is 12.8. The third-order valence-corrected chi connectivity index (χ3v) is 4.35. The molecule has 1 fully saturated rings. The van der Waals surface area contributed by atoms with Crippen molar-refractivity contribution in [3.63, 3.8) is 0 Å². The van der Waals surface area contributed by atoms with Crippen LogP contribution in [0.1, 0.15) is 36.8 Å². The number of fused-ring (bicyclic) bond motifs is 1. The van der Waals surface area contributed by atoms with Gasteiger partial charge in [-0.3, -0.25) is 4.99 Å². The molecule has 22 heavy (non-hydrogen) atoms. The Balaban J connectivity index is 0.00000176. The Morgan fingerprint density at radius 3 is 2.73 bits per heavy atom. The van der Waals surface area contributed by atoms with Crippen LogP contribution in [0.2, 0.25) is 0 Å². The van der Waals surface area contributed by atoms with Crippen LogP contribution in [0.15, 0.2) is 23.2 Å². The SMILES string of the molecule is I.NC(=NCC1CC(F)(F)C1)Nc1cccc2c1CCCC2. The smallest absolute Gasteiger partial charge is 0.248 e. The van der Waals surface area contributed by atoms with Gasteiger partial charge in [0.05, 0.1) is 0 Å². The van der Waals surface area contributed by atoms with Crippen molar-refractivity contribution in [3.8, 4) is 0 Å². The maximum absolute atomic E-state index is 12.8. The second kappa shape index (κ2) is 7.10. The largest absolute Gasteiger partial charge is 0.370 e. The zero-order valence-corrected chi connectivity index (χ0v) is 14.8. The summed E-state index contributed by atoms with van der Waals surface area (Å²) < 4.78 is 25.5. The predicted molar refractivity (Wildman–Crippen MR) is 96.3 cm³/mol. The lowest BCUT2D eigenvalue weighted by atomic mass is 9.81. The first-order valence-corrected chi connectivity index (χ1v) is 7.59. The van der Waals surface area contributed by atoms with E-state index in [2.05, 4.69) is 16.4 Å². The normalized spacial score (nSPS) is 20.5. The Morgan fingerprint density at radius 2 is 2.00 bits per heavy atom. The highest BCUT2D eigenvalue weighted by Gasteiger charge is 2.44. The van der Waals surface area contributed by atoms with Gasteiger partial charge in [-0.1, -0.05) is 12.1 Å². The molecular weight excluding hydrogens is 399 g/mol. The van der Waals surface area contributed by atoms with Crippen molar-refractivity contribution < 1.29 is 8.78 Å². The van der Waals surface area contributed by atoms with Crippen LogP contribution in [0, 0.1) is 5.92 Å². The number of hydrogen-bond donors (Lipinski definition) is 2. The molecule has 0 heterocycles. The van der Waals surface area contributed by atoms with Gasteiger partial charge in [0, 0.05) is 25.1 Å². The van der Waals surface area contributed by atoms with Gasteiger partial charge in [-0.2, -0.15) is 0 Å². The van der Waals surface area contributed by atoms with Gasteiger partial charge in [-0.15, -0.1) is 24.0 Å². The first-order chi connectivity index (χ1) is 10.0. The summed E-state index contributed by atoms with van der Waals surface area (Å²) in [6.07, 6.45) is 4.46. The van der Waals surface area contributed by atoms with Gasteiger partial charge < -0.3 is 11.1 Å². The summed E-state index contributed by atoms with van der Waals surface area (Å²) >= 11 is 0. The van der Waals surface area contributed by atoms with Gasteiger partial charge in [0.1, 0.15) is 0 Å². The van der Waals surface area contributed by atoms with Crippen LogP contribution < -0.4 is 11.1 Å². The van der Waals surface area contributed by atoms with Crippen LogP contribution in [0.4, 0.5) is 14.5 Å². The number of guanidine groups is 1. The minimum absolute atomic E-state index is 0. The molecule has 122 valence electrons. The summed E-state index contributed by atoms with van der Waals surface area (Å²) in [5.74, 6) is -2.20. The van der Waals surface area contributed by atoms with Crippen LogP contribution >= 0.6 is 24.0 Å². The average Bonchev–Trinajstić information content (AvgIpc) is 2.43. The van der Waals surface area contributed by atoms with E-state index in [1.54, 1.807) is 0 Å². The number of aliphatic imine (C=N–C) groups is 1. The molecule has 0 aliphatic heterocycles. The molecule has 1 saturated carbocycles. The van der Waals surface area contributed by atoms with Gasteiger partial charge >= 0.3 is 0 Å². The van der Waals surface area contributed by atoms with E-state index < -0.39 is 5.92 Å². The number of aryl methyl sites for hydroxylation is 1. The molecule has 1 aromatic rings. The van der Waals surface area contributed by atoms with Gasteiger partial charge in [-0.25, -0.2) is 8.78 Å². The molecule has 0 saturated heterocycles. The molecule has 6 heteroatoms. The van der Waals surface area contributed by atoms with Crippen LogP contribution in [-0.2, 0) is 12.8 Å². The number of nitrogens with one attached hydrogen (secondary N) is 1. The summed E-state index contributed by atoms with van der Waals surface area (Å²) in [6, 6.07) is 6.18. The summed E-state index contributed by atoms with van der Waals surface area (Å²) in [5, 5.41) is 3.13. The number of halogens is 3. The zero-order chi connectivity index (χ0) is 14.9. The Labute approximate surface area is 146 Å². The van der Waals surface area contributed by atoms with Crippen molar-refractivity contribution in [3.05, 3.63) is 29.3 Å². The Hall–Kier alpha value is -0.920. The van der Waals surface area contributed by atoms with Crippen molar-refractivity contribution >= 4 is 35.6 Å². The summed E-state index contributed by atoms with van der Waals surface area (Å²) in [7, 11) is 0. The molecule has 0 radical (unpaired) electrons. The van der Waals surface area contributed by atoms with Crippen LogP contribution in [0.25, 0.3) is 0 Å². The third kappa shape index (κ3) is 4.08. The van der Waals surface area contributed by atoms with Gasteiger partial charge in [-0.05, 0) is 48.8 Å². The van der Waals surface area contributed by atoms with E-state index >= 15 is 0 Å². The van der Waals surface area contributed by atoms with Crippen molar-refractivity contribution in [2.75, 3.05) is 11.9 Å². The highest BCUT2D eigenvalue weighted by Crippen LogP contribution is 2.42. The molecule has 3 rings (SSSR count). The van der Waals surface area contributed by atoms with Crippen molar-refractivity contribution in [2.45, 2.75) is 44.4 Å². The summed E-state index contributed by atoms with van der Waals surface area (Å²) in [6.45, 7) is 0.378. The Bertz CT molecular complexity index is 552. The van der Waals surface area contributed by atoms with Crippen LogP contribution in [-0.4, -0.2) is 18.4 Å². The molecule has 3 nitrogen and oxygen atoms in total. The predicted octanol–water partition coefficient (Wildman–Crippen LogP) is 3.96. The van der Waals surface area contributed by atoms with Gasteiger partial charge in [0.25, 0.3) is 0 Å². The third-order valence-electron chi connectivity index (χ3n) is 4.35. The molecule has 0 atom stereocenters. The second-order valence-electron chi connectivity index (χ2n) is 6.13. The number of nitrogens with two attached hydrogens (primary N) is 1. The lowest BCUT2D eigenvalue weighted by Crippen LogP contribution is -2.37. The molecule has 0 spiro atoms. The number of rotatable bonds is 3. The highest BCUT2D eigenvalue weighted by molar-refractivity contribution is 14.0. The molecule has 0 unspecified atom stereocenters. The van der Waals surface area contributed by atoms with Crippen molar-refractivity contribution in [1.82, 2.24) is 0 Å². The summed E-state index contributed by atoms with van der Waals surface area (Å²) in [4.78, 5) is 4.21. The van der Waals surface area contributed by atoms with Crippen molar-refractivity contribution in [2.24, 2.45) is 16.6 Å². The van der Waals surface area contributed by atoms with E-state index in [1.165, 1.54) is 24.0 Å². The monoisotopic (exact) mass is 421 g/mol. The molecule has 3 N–H and O–H groups in total. The lowest BCUT2D eigenvalue weighted by molar-refractivity contribution is -0.107. The molecule has 0 amide bonds. The zero-order valence-electron chi connectivity index (χ0n) is 12.4. The number of alkyl halides is 2. The molecule has 1 aromatic carbocycles. The van der Waals surface area contributed by atoms with E-state index in [4.69, 9.17) is 5.73 Å². The van der Waals surface area contributed by atoms with E-state index in [-0.39, 0.29) is 42.7 Å². The quantitative estimate of drug-likeness (QED) is 0.441. The number of anilines is 1. The standard InChI is InChI=1S/C16H21F2N3.HI/c17-16(18)8-11(9-16)10-20-15(19)21-14-7-3-5-12-4-1-2-6-13(12)14;/h3,5,7,11H,1-2,4,6,8-10H2,(H3,19,20,21);1H. The van der Waals surface area contributed by atoms with Gasteiger partial charge in [0.2, 0.25) is 5.92 Å². The average molecular weight is 421 g/mol. The lowest BCUT2D eigenvalue weighted by Gasteiger charge is -2.33. The Kier molecular flexibility index (Phi) is 5.63. The fourth-order valence-electron chi connectivity index (χ4n) is 3.22. The van der Waals surface area contributed by atoms with E-state index in [1.807, 2.05) is 12.1 Å². The number of benzene rings is 1. The fraction of sp³-hybridized carbons (Fsp3) is 0.562. The Morgan fingerprint density at radius 1 is 1.27 bits per heavy atom. The molecular formula is C16H22F2IN3. The van der Waals surface area contributed by atoms with Crippen LogP contribution in [0.5, 0.6) is 0 Å². The van der Waals surface area contributed by atoms with Crippen molar-refractivity contribution in [1.29, 1.82) is 0 Å². The van der Waals surface area contributed by atoms with E-state index in [0.717, 1.165) is 18.5 Å². The number of nitrogens with zero attached hydrogens (tertiary/aromatic N) is 1. The maximum Gasteiger partial charge on any atom is 0.248 e. The topological polar surface area (TPSA) is 50.4 Å². The minimum Gasteiger partial charge on any atom is -0.370 e. The molecule has 0 bridgehead atoms. The molecule has 2 aliphatic rings. The van der Waals surface area contributed by atoms with Crippen LogP contribution in [0.3, 0.4) is 0 Å². The highest BCUT2D eigenvalue weighted by atomic mass is 127. The molecule has 2 aliphatic carbocycles. The number of hydrogen-bond acceptors (Lipinski definition) is 1. The fourth-order valence-corrected chi connectivity index (χ4v) is 3.22. The first kappa shape index (κ1) is 17.4.